The van der Waals surface area contributed by atoms with E-state index in [2.05, 4.69) is 10.3 Å². The standard InChI is InChI=1S/C18H24N4O3S/c1-21(2)17(15-8-5-4-6-9-15)13-20-18(23)14-22(3)26(24,25)16-10-7-11-19-12-16/h4-12,17H,13-14H2,1-3H3,(H,20,23)/t17-/m0/s1. The van der Waals surface area contributed by atoms with Gasteiger partial charge in [-0.25, -0.2) is 8.42 Å². The predicted octanol–water partition coefficient (Wildman–Crippen LogP) is 1.12. The molecule has 2 aromatic rings. The Labute approximate surface area is 154 Å². The molecule has 0 saturated heterocycles. The van der Waals surface area contributed by atoms with Gasteiger partial charge in [0.2, 0.25) is 15.9 Å². The largest absolute Gasteiger partial charge is 0.353 e. The number of amides is 1. The Morgan fingerprint density at radius 2 is 1.81 bits per heavy atom. The second-order valence-corrected chi connectivity index (χ2v) is 8.19. The molecule has 1 N–H and O–H groups in total. The van der Waals surface area contributed by atoms with Crippen molar-refractivity contribution in [1.29, 1.82) is 0 Å². The second-order valence-electron chi connectivity index (χ2n) is 6.14. The molecule has 1 atom stereocenters. The number of nitrogens with one attached hydrogen (secondary N) is 1. The van der Waals surface area contributed by atoms with E-state index < -0.39 is 10.0 Å². The highest BCUT2D eigenvalue weighted by Crippen LogP contribution is 2.17. The lowest BCUT2D eigenvalue weighted by Crippen LogP contribution is -2.41. The molecule has 8 heteroatoms. The summed E-state index contributed by atoms with van der Waals surface area (Å²) in [7, 11) is 1.50. The summed E-state index contributed by atoms with van der Waals surface area (Å²) in [6, 6.07) is 12.8. The number of likely N-dealkylation sites (N-methyl/N-ethyl adjacent to an activating group) is 2. The molecule has 0 spiro atoms. The van der Waals surface area contributed by atoms with E-state index in [0.717, 1.165) is 9.87 Å². The Balaban J connectivity index is 1.97. The van der Waals surface area contributed by atoms with E-state index in [1.807, 2.05) is 49.3 Å². The third-order valence-corrected chi connectivity index (χ3v) is 5.80. The molecule has 1 heterocycles. The van der Waals surface area contributed by atoms with E-state index >= 15 is 0 Å². The quantitative estimate of drug-likeness (QED) is 0.747. The van der Waals surface area contributed by atoms with Crippen molar-refractivity contribution in [3.05, 3.63) is 60.4 Å². The van der Waals surface area contributed by atoms with Crippen LogP contribution in [0.2, 0.25) is 0 Å². The van der Waals surface area contributed by atoms with Gasteiger partial charge in [-0.1, -0.05) is 30.3 Å². The van der Waals surface area contributed by atoms with Crippen LogP contribution in [-0.2, 0) is 14.8 Å². The molecule has 2 rings (SSSR count). The Kier molecular flexibility index (Phi) is 6.84. The lowest BCUT2D eigenvalue weighted by Gasteiger charge is -2.25. The van der Waals surface area contributed by atoms with Gasteiger partial charge < -0.3 is 10.2 Å². The van der Waals surface area contributed by atoms with Crippen LogP contribution in [0.15, 0.2) is 59.8 Å². The van der Waals surface area contributed by atoms with Gasteiger partial charge in [-0.15, -0.1) is 0 Å². The van der Waals surface area contributed by atoms with Crippen molar-refractivity contribution in [2.75, 3.05) is 34.2 Å². The first-order valence-electron chi connectivity index (χ1n) is 8.17. The molecule has 0 unspecified atom stereocenters. The van der Waals surface area contributed by atoms with Crippen molar-refractivity contribution in [3.8, 4) is 0 Å². The van der Waals surface area contributed by atoms with Gasteiger partial charge in [0.1, 0.15) is 4.90 Å². The summed E-state index contributed by atoms with van der Waals surface area (Å²) >= 11 is 0. The lowest BCUT2D eigenvalue weighted by atomic mass is 10.1. The third-order valence-electron chi connectivity index (χ3n) is 4.01. The van der Waals surface area contributed by atoms with Crippen molar-refractivity contribution < 1.29 is 13.2 Å². The maximum atomic E-state index is 12.4. The normalized spacial score (nSPS) is 13.0. The van der Waals surface area contributed by atoms with Gasteiger partial charge in [0.15, 0.2) is 0 Å². The van der Waals surface area contributed by atoms with Gasteiger partial charge in [-0.2, -0.15) is 4.31 Å². The molecule has 0 aliphatic carbocycles. The third kappa shape index (κ3) is 5.10. The fourth-order valence-corrected chi connectivity index (χ4v) is 3.60. The molecule has 0 aliphatic rings. The van der Waals surface area contributed by atoms with Crippen LogP contribution < -0.4 is 5.32 Å². The molecular formula is C18H24N4O3S. The summed E-state index contributed by atoms with van der Waals surface area (Å²) in [5.74, 6) is -0.359. The van der Waals surface area contributed by atoms with Gasteiger partial charge in [-0.3, -0.25) is 9.78 Å². The monoisotopic (exact) mass is 376 g/mol. The van der Waals surface area contributed by atoms with Crippen LogP contribution in [0.4, 0.5) is 0 Å². The number of aromatic nitrogens is 1. The predicted molar refractivity (Wildman–Crippen MR) is 99.9 cm³/mol. The lowest BCUT2D eigenvalue weighted by molar-refractivity contribution is -0.121. The van der Waals surface area contributed by atoms with Crippen LogP contribution in [0, 0.1) is 0 Å². The van der Waals surface area contributed by atoms with Crippen LogP contribution in [-0.4, -0.2) is 62.7 Å². The summed E-state index contributed by atoms with van der Waals surface area (Å²) in [5, 5.41) is 2.81. The minimum atomic E-state index is -3.74. The van der Waals surface area contributed by atoms with Crippen molar-refractivity contribution >= 4 is 15.9 Å². The Morgan fingerprint density at radius 1 is 1.12 bits per heavy atom. The molecular weight excluding hydrogens is 352 g/mol. The van der Waals surface area contributed by atoms with Gasteiger partial charge in [0, 0.05) is 26.0 Å². The van der Waals surface area contributed by atoms with E-state index in [-0.39, 0.29) is 23.4 Å². The minimum absolute atomic E-state index is 0.000358. The molecule has 0 radical (unpaired) electrons. The SMILES string of the molecule is CN(C)[C@@H](CNC(=O)CN(C)S(=O)(=O)c1cccnc1)c1ccccc1. The maximum absolute atomic E-state index is 12.4. The fraction of sp³-hybridized carbons (Fsp3) is 0.333. The summed E-state index contributed by atoms with van der Waals surface area (Å²) < 4.78 is 25.9. The number of carbonyl (C=O) groups is 1. The number of carbonyl (C=O) groups excluding carboxylic acids is 1. The number of pyridine rings is 1. The van der Waals surface area contributed by atoms with Crippen LogP contribution >= 0.6 is 0 Å². The van der Waals surface area contributed by atoms with Crippen LogP contribution in [0.5, 0.6) is 0 Å². The Hall–Kier alpha value is -2.29. The molecule has 0 saturated carbocycles. The molecule has 140 valence electrons. The number of hydrogen-bond donors (Lipinski definition) is 1. The molecule has 0 bridgehead atoms. The zero-order chi connectivity index (χ0) is 19.2. The van der Waals surface area contributed by atoms with Gasteiger partial charge in [-0.05, 0) is 31.8 Å². The molecule has 7 nitrogen and oxygen atoms in total. The smallest absolute Gasteiger partial charge is 0.244 e. The van der Waals surface area contributed by atoms with Crippen molar-refractivity contribution in [2.45, 2.75) is 10.9 Å². The van der Waals surface area contributed by atoms with Crippen molar-refractivity contribution in [1.82, 2.24) is 19.5 Å². The number of nitrogens with zero attached hydrogens (tertiary/aromatic N) is 3. The van der Waals surface area contributed by atoms with Crippen molar-refractivity contribution in [2.24, 2.45) is 0 Å². The second kappa shape index (κ2) is 8.88. The zero-order valence-corrected chi connectivity index (χ0v) is 16.0. The maximum Gasteiger partial charge on any atom is 0.244 e. The van der Waals surface area contributed by atoms with Gasteiger partial charge >= 0.3 is 0 Å². The molecule has 26 heavy (non-hydrogen) atoms. The highest BCUT2D eigenvalue weighted by Gasteiger charge is 2.23. The summed E-state index contributed by atoms with van der Waals surface area (Å²) in [5.41, 5.74) is 1.08. The molecule has 1 aromatic carbocycles. The first kappa shape index (κ1) is 20.0. The number of hydrogen-bond acceptors (Lipinski definition) is 5. The summed E-state index contributed by atoms with van der Waals surface area (Å²) in [6.45, 7) is 0.128. The van der Waals surface area contributed by atoms with E-state index in [1.165, 1.54) is 25.5 Å². The van der Waals surface area contributed by atoms with Crippen molar-refractivity contribution in [3.63, 3.8) is 0 Å². The average molecular weight is 376 g/mol. The number of benzene rings is 1. The highest BCUT2D eigenvalue weighted by atomic mass is 32.2. The van der Waals surface area contributed by atoms with E-state index in [9.17, 15) is 13.2 Å². The highest BCUT2D eigenvalue weighted by molar-refractivity contribution is 7.89. The van der Waals surface area contributed by atoms with Gasteiger partial charge in [0.05, 0.1) is 12.6 Å². The molecule has 1 amide bonds. The molecule has 0 fully saturated rings. The van der Waals surface area contributed by atoms with Crippen LogP contribution in [0.25, 0.3) is 0 Å². The van der Waals surface area contributed by atoms with Crippen LogP contribution in [0.1, 0.15) is 11.6 Å². The summed E-state index contributed by atoms with van der Waals surface area (Å²) in [4.78, 5) is 18.1. The average Bonchev–Trinajstić information content (AvgIpc) is 2.63. The fourth-order valence-electron chi connectivity index (χ4n) is 2.51. The van der Waals surface area contributed by atoms with Gasteiger partial charge in [0.25, 0.3) is 0 Å². The van der Waals surface area contributed by atoms with E-state index in [1.54, 1.807) is 6.07 Å². The molecule has 1 aromatic heterocycles. The first-order chi connectivity index (χ1) is 12.3. The topological polar surface area (TPSA) is 82.6 Å². The van der Waals surface area contributed by atoms with Crippen LogP contribution in [0.3, 0.4) is 0 Å². The Morgan fingerprint density at radius 3 is 2.38 bits per heavy atom. The molecule has 0 aliphatic heterocycles. The number of rotatable bonds is 8. The van der Waals surface area contributed by atoms with E-state index in [4.69, 9.17) is 0 Å². The summed E-state index contributed by atoms with van der Waals surface area (Å²) in [6.07, 6.45) is 2.76. The number of sulfonamides is 1. The minimum Gasteiger partial charge on any atom is -0.353 e. The first-order valence-corrected chi connectivity index (χ1v) is 9.61. The Bertz CT molecular complexity index is 811. The van der Waals surface area contributed by atoms with E-state index in [0.29, 0.717) is 6.54 Å². The zero-order valence-electron chi connectivity index (χ0n) is 15.2.